The van der Waals surface area contributed by atoms with Crippen LogP contribution in [0.1, 0.15) is 13.3 Å². The van der Waals surface area contributed by atoms with Gasteiger partial charge in [0.25, 0.3) is 0 Å². The van der Waals surface area contributed by atoms with E-state index >= 15 is 0 Å². The Labute approximate surface area is 116 Å². The monoisotopic (exact) mass is 270 g/mol. The molecule has 102 valence electrons. The molecule has 0 aliphatic rings. The van der Waals surface area contributed by atoms with Crippen LogP contribution in [0, 0.1) is 0 Å². The molecule has 0 aliphatic carbocycles. The number of halogens is 1. The number of imidazole rings is 1. The fraction of sp³-hybridized carbons (Fsp3) is 0.188. The van der Waals surface area contributed by atoms with Crippen molar-refractivity contribution in [2.45, 2.75) is 19.7 Å². The van der Waals surface area contributed by atoms with Crippen molar-refractivity contribution in [2.24, 2.45) is 0 Å². The number of fused-ring (bicyclic) bond motifs is 1. The Balaban J connectivity index is 1.86. The maximum absolute atomic E-state index is 13.1. The molecule has 0 bridgehead atoms. The summed E-state index contributed by atoms with van der Waals surface area (Å²) in [6.45, 7) is 1.75. The van der Waals surface area contributed by atoms with Gasteiger partial charge in [-0.05, 0) is 36.4 Å². The van der Waals surface area contributed by atoms with E-state index in [4.69, 9.17) is 4.74 Å². The van der Waals surface area contributed by atoms with Crippen LogP contribution in [0.4, 0.5) is 4.39 Å². The second-order valence-electron chi connectivity index (χ2n) is 4.55. The first kappa shape index (κ1) is 12.7. The van der Waals surface area contributed by atoms with E-state index in [9.17, 15) is 4.39 Å². The molecule has 1 atom stereocenters. The van der Waals surface area contributed by atoms with Gasteiger partial charge in [0.15, 0.2) is 0 Å². The zero-order valence-electron chi connectivity index (χ0n) is 11.2. The number of nitrogens with zero attached hydrogens (tertiary/aromatic N) is 2. The van der Waals surface area contributed by atoms with Gasteiger partial charge in [-0.2, -0.15) is 0 Å². The highest BCUT2D eigenvalue weighted by Gasteiger charge is 2.07. The maximum atomic E-state index is 13.1. The number of pyridine rings is 1. The molecule has 1 aromatic carbocycles. The molecule has 1 unspecified atom stereocenters. The summed E-state index contributed by atoms with van der Waals surface area (Å²) in [7, 11) is 0. The Kier molecular flexibility index (Phi) is 3.37. The molecule has 3 nitrogen and oxygen atoms in total. The second kappa shape index (κ2) is 5.33. The van der Waals surface area contributed by atoms with Crippen LogP contribution in [0.5, 0.6) is 5.75 Å². The van der Waals surface area contributed by atoms with Gasteiger partial charge in [0.2, 0.25) is 6.36 Å². The Hall–Kier alpha value is -2.36. The molecule has 0 spiro atoms. The quantitative estimate of drug-likeness (QED) is 0.714. The van der Waals surface area contributed by atoms with Crippen LogP contribution in [0.15, 0.2) is 54.9 Å². The number of alkyl halides is 1. The summed E-state index contributed by atoms with van der Waals surface area (Å²) in [5.74, 6) is 0.534. The zero-order chi connectivity index (χ0) is 13.9. The average molecular weight is 270 g/mol. The van der Waals surface area contributed by atoms with Crippen LogP contribution in [0.25, 0.3) is 16.9 Å². The third kappa shape index (κ3) is 2.50. The fourth-order valence-corrected chi connectivity index (χ4v) is 2.01. The van der Waals surface area contributed by atoms with Gasteiger partial charge in [-0.3, -0.25) is 0 Å². The summed E-state index contributed by atoms with van der Waals surface area (Å²) in [5, 5.41) is 0. The average Bonchev–Trinajstić information content (AvgIpc) is 2.91. The van der Waals surface area contributed by atoms with Gasteiger partial charge in [0, 0.05) is 24.4 Å². The molecule has 2 heterocycles. The minimum atomic E-state index is -1.25. The van der Waals surface area contributed by atoms with E-state index in [2.05, 4.69) is 4.98 Å². The van der Waals surface area contributed by atoms with Gasteiger partial charge in [-0.1, -0.05) is 13.0 Å². The van der Waals surface area contributed by atoms with Crippen molar-refractivity contribution >= 4 is 5.65 Å². The molecule has 0 aliphatic heterocycles. The summed E-state index contributed by atoms with van der Waals surface area (Å²) < 4.78 is 20.2. The summed E-state index contributed by atoms with van der Waals surface area (Å²) in [4.78, 5) is 4.54. The van der Waals surface area contributed by atoms with E-state index < -0.39 is 6.36 Å². The minimum absolute atomic E-state index is 0.341. The van der Waals surface area contributed by atoms with Gasteiger partial charge < -0.3 is 9.14 Å². The third-order valence-electron chi connectivity index (χ3n) is 3.10. The number of hydrogen-bond acceptors (Lipinski definition) is 2. The van der Waals surface area contributed by atoms with Gasteiger partial charge in [-0.25, -0.2) is 9.37 Å². The van der Waals surface area contributed by atoms with E-state index in [1.54, 1.807) is 19.1 Å². The van der Waals surface area contributed by atoms with E-state index in [1.807, 2.05) is 47.1 Å². The molecule has 0 N–H and O–H groups in total. The Morgan fingerprint density at radius 1 is 1.20 bits per heavy atom. The summed E-state index contributed by atoms with van der Waals surface area (Å²) in [5.41, 5.74) is 2.76. The Bertz CT molecular complexity index is 673. The second-order valence-corrected chi connectivity index (χ2v) is 4.55. The molecule has 3 rings (SSSR count). The summed E-state index contributed by atoms with van der Waals surface area (Å²) in [6.07, 6.45) is 3.01. The van der Waals surface area contributed by atoms with Gasteiger partial charge in [0.1, 0.15) is 11.4 Å². The number of rotatable bonds is 4. The molecule has 4 heteroatoms. The van der Waals surface area contributed by atoms with Crippen LogP contribution in [0.3, 0.4) is 0 Å². The largest absolute Gasteiger partial charge is 0.460 e. The number of benzene rings is 1. The van der Waals surface area contributed by atoms with Crippen LogP contribution in [-0.2, 0) is 0 Å². The molecular formula is C16H15FN2O. The van der Waals surface area contributed by atoms with Gasteiger partial charge in [-0.15, -0.1) is 0 Å². The molecular weight excluding hydrogens is 255 g/mol. The lowest BCUT2D eigenvalue weighted by molar-refractivity contribution is 0.0642. The molecule has 2 aromatic heterocycles. The molecule has 0 amide bonds. The van der Waals surface area contributed by atoms with Gasteiger partial charge in [0.05, 0.1) is 5.69 Å². The minimum Gasteiger partial charge on any atom is -0.460 e. The highest BCUT2D eigenvalue weighted by Crippen LogP contribution is 2.23. The SMILES string of the molecule is CCC(F)Oc1ccc(-c2cn3ccccc3n2)cc1. The smallest absolute Gasteiger partial charge is 0.238 e. The van der Waals surface area contributed by atoms with Crippen molar-refractivity contribution in [3.63, 3.8) is 0 Å². The molecule has 0 saturated heterocycles. The number of aromatic nitrogens is 2. The third-order valence-corrected chi connectivity index (χ3v) is 3.10. The lowest BCUT2D eigenvalue weighted by Crippen LogP contribution is -2.07. The van der Waals surface area contributed by atoms with Crippen LogP contribution >= 0.6 is 0 Å². The van der Waals surface area contributed by atoms with E-state index in [1.165, 1.54) is 0 Å². The van der Waals surface area contributed by atoms with E-state index in [0.29, 0.717) is 12.2 Å². The van der Waals surface area contributed by atoms with Crippen molar-refractivity contribution < 1.29 is 9.13 Å². The first-order chi connectivity index (χ1) is 9.76. The standard InChI is InChI=1S/C16H15FN2O/c1-2-15(17)20-13-8-6-12(7-9-13)14-11-19-10-4-3-5-16(19)18-14/h3-11,15H,2H2,1H3. The predicted octanol–water partition coefficient (Wildman–Crippen LogP) is 4.09. The van der Waals surface area contributed by atoms with E-state index in [-0.39, 0.29) is 0 Å². The zero-order valence-corrected chi connectivity index (χ0v) is 11.2. The summed E-state index contributed by atoms with van der Waals surface area (Å²) in [6, 6.07) is 13.2. The highest BCUT2D eigenvalue weighted by molar-refractivity contribution is 5.63. The van der Waals surface area contributed by atoms with Crippen molar-refractivity contribution in [1.29, 1.82) is 0 Å². The van der Waals surface area contributed by atoms with Crippen molar-refractivity contribution in [2.75, 3.05) is 0 Å². The summed E-state index contributed by atoms with van der Waals surface area (Å²) >= 11 is 0. The molecule has 20 heavy (non-hydrogen) atoms. The molecule has 3 aromatic rings. The van der Waals surface area contributed by atoms with Crippen LogP contribution in [-0.4, -0.2) is 15.7 Å². The van der Waals surface area contributed by atoms with Crippen molar-refractivity contribution in [1.82, 2.24) is 9.38 Å². The highest BCUT2D eigenvalue weighted by atomic mass is 19.1. The van der Waals surface area contributed by atoms with Gasteiger partial charge >= 0.3 is 0 Å². The lowest BCUT2D eigenvalue weighted by Gasteiger charge is -2.09. The number of hydrogen-bond donors (Lipinski definition) is 0. The van der Waals surface area contributed by atoms with Crippen molar-refractivity contribution in [3.8, 4) is 17.0 Å². The predicted molar refractivity (Wildman–Crippen MR) is 76.4 cm³/mol. The maximum Gasteiger partial charge on any atom is 0.238 e. The fourth-order valence-electron chi connectivity index (χ4n) is 2.01. The van der Waals surface area contributed by atoms with Crippen molar-refractivity contribution in [3.05, 3.63) is 54.9 Å². The first-order valence-electron chi connectivity index (χ1n) is 6.61. The first-order valence-corrected chi connectivity index (χ1v) is 6.61. The van der Waals surface area contributed by atoms with Crippen LogP contribution < -0.4 is 4.74 Å². The Morgan fingerprint density at radius 3 is 2.70 bits per heavy atom. The molecule has 0 saturated carbocycles. The van der Waals surface area contributed by atoms with E-state index in [0.717, 1.165) is 16.9 Å². The Morgan fingerprint density at radius 2 is 2.00 bits per heavy atom. The molecule has 0 fully saturated rings. The van der Waals surface area contributed by atoms with Crippen LogP contribution in [0.2, 0.25) is 0 Å². The topological polar surface area (TPSA) is 26.5 Å². The lowest BCUT2D eigenvalue weighted by atomic mass is 10.2. The number of ether oxygens (including phenoxy) is 1. The molecule has 0 radical (unpaired) electrons. The normalized spacial score (nSPS) is 12.5.